The molecule has 7 N–H and O–H groups in total. The molecule has 0 aromatic rings. The summed E-state index contributed by atoms with van der Waals surface area (Å²) in [7, 11) is -4.73. The minimum Gasteiger partial charge on any atom is -0.393 e. The topological polar surface area (TPSA) is 185 Å². The maximum atomic E-state index is 11.7. The van der Waals surface area contributed by atoms with Crippen molar-refractivity contribution in [3.8, 4) is 0 Å². The minimum absolute atomic E-state index is 0.0278. The molecule has 0 aromatic carbocycles. The van der Waals surface area contributed by atoms with Crippen molar-refractivity contribution in [3.63, 3.8) is 0 Å². The lowest BCUT2D eigenvalue weighted by Gasteiger charge is -2.65. The van der Waals surface area contributed by atoms with Crippen LogP contribution in [0.25, 0.3) is 0 Å². The van der Waals surface area contributed by atoms with Crippen LogP contribution in [0.1, 0.15) is 79.6 Å². The predicted octanol–water partition coefficient (Wildman–Crippen LogP) is 1.82. The van der Waals surface area contributed by atoms with Crippen LogP contribution in [-0.4, -0.2) is 86.3 Å². The highest BCUT2D eigenvalue weighted by molar-refractivity contribution is 7.80. The van der Waals surface area contributed by atoms with E-state index in [1.165, 1.54) is 6.92 Å². The second-order valence-electron chi connectivity index (χ2n) is 14.3. The molecule has 3 unspecified atom stereocenters. The van der Waals surface area contributed by atoms with Gasteiger partial charge in [-0.1, -0.05) is 33.8 Å². The lowest BCUT2D eigenvalue weighted by Crippen LogP contribution is -2.69. The van der Waals surface area contributed by atoms with Crippen LogP contribution in [0.5, 0.6) is 0 Å². The summed E-state index contributed by atoms with van der Waals surface area (Å²) in [5.74, 6) is -0.636. The van der Waals surface area contributed by atoms with E-state index < -0.39 is 57.9 Å². The van der Waals surface area contributed by atoms with Crippen molar-refractivity contribution in [3.05, 3.63) is 11.6 Å². The van der Waals surface area contributed by atoms with Gasteiger partial charge in [-0.05, 0) is 86.0 Å². The quantitative estimate of drug-likeness (QED) is 0.162. The molecule has 232 valence electrons. The largest absolute Gasteiger partial charge is 0.397 e. The van der Waals surface area contributed by atoms with Gasteiger partial charge >= 0.3 is 10.4 Å². The molecule has 11 heteroatoms. The van der Waals surface area contributed by atoms with Crippen LogP contribution in [0, 0.1) is 46.3 Å². The first-order valence-electron chi connectivity index (χ1n) is 14.7. The maximum Gasteiger partial charge on any atom is 0.397 e. The Morgan fingerprint density at radius 2 is 1.77 bits per heavy atom. The van der Waals surface area contributed by atoms with Gasteiger partial charge < -0.3 is 30.6 Å². The SMILES string of the molecule is C[C@H](/C=C(\CO)[C@H](C)[C@](C)(O)COS(=O)(=O)O)[C@H]1C[C@@H](O)C2C3C[C@@H](O)[C@@]4(O)C[C@@H](O)CC[C@]4(C)C3CC[C@@]21C. The summed E-state index contributed by atoms with van der Waals surface area (Å²) in [4.78, 5) is 0. The third kappa shape index (κ3) is 5.32. The van der Waals surface area contributed by atoms with Crippen molar-refractivity contribution in [1.29, 1.82) is 0 Å². The molecule has 0 spiro atoms. The summed E-state index contributed by atoms with van der Waals surface area (Å²) in [6.07, 6.45) is 3.72. The first-order chi connectivity index (χ1) is 18.3. The van der Waals surface area contributed by atoms with Crippen LogP contribution >= 0.6 is 0 Å². The Bertz CT molecular complexity index is 1080. The molecule has 0 heterocycles. The first-order valence-corrected chi connectivity index (χ1v) is 16.1. The Labute approximate surface area is 238 Å². The van der Waals surface area contributed by atoms with Gasteiger partial charge in [0.05, 0.1) is 42.7 Å². The van der Waals surface area contributed by atoms with Gasteiger partial charge in [0, 0.05) is 17.8 Å². The van der Waals surface area contributed by atoms with Gasteiger partial charge in [0.25, 0.3) is 0 Å². The lowest BCUT2D eigenvalue weighted by atomic mass is 9.42. The number of rotatable bonds is 8. The highest BCUT2D eigenvalue weighted by Crippen LogP contribution is 2.69. The van der Waals surface area contributed by atoms with Crippen molar-refractivity contribution in [2.75, 3.05) is 13.2 Å². The molecule has 40 heavy (non-hydrogen) atoms. The van der Waals surface area contributed by atoms with Gasteiger partial charge in [-0.3, -0.25) is 4.55 Å². The molecular weight excluding hydrogens is 540 g/mol. The van der Waals surface area contributed by atoms with Gasteiger partial charge in [-0.25, -0.2) is 4.18 Å². The van der Waals surface area contributed by atoms with E-state index in [0.717, 1.165) is 12.8 Å². The van der Waals surface area contributed by atoms with Crippen LogP contribution < -0.4 is 0 Å². The fraction of sp³-hybridized carbons (Fsp3) is 0.931. The standard InChI is InChI=1S/C29H50O10S/c1-16(10-18(14-30)17(2)28(5,34)15-39-40(36,37)38)22-12-23(32)25-20-11-24(33)29(35)13-19(31)6-9-27(29,4)21(20)7-8-26(22,25)3/h10,16-17,19-25,30-35H,6-9,11-15H2,1-5H3,(H,36,37,38)/b18-10+/t16-,17+,19+,20?,21?,22-,23-,24-,25?,26-,27-,28-,29+/m1/s1. The average molecular weight is 591 g/mol. The van der Waals surface area contributed by atoms with Gasteiger partial charge in [-0.15, -0.1) is 0 Å². The second-order valence-corrected chi connectivity index (χ2v) is 15.4. The van der Waals surface area contributed by atoms with E-state index in [1.54, 1.807) is 6.92 Å². The summed E-state index contributed by atoms with van der Waals surface area (Å²) >= 11 is 0. The van der Waals surface area contributed by atoms with Crippen molar-refractivity contribution in [2.24, 2.45) is 46.3 Å². The van der Waals surface area contributed by atoms with Gasteiger partial charge in [0.1, 0.15) is 0 Å². The second kappa shape index (κ2) is 10.8. The van der Waals surface area contributed by atoms with E-state index >= 15 is 0 Å². The summed E-state index contributed by atoms with van der Waals surface area (Å²) in [5, 5.41) is 65.8. The van der Waals surface area contributed by atoms with Crippen LogP contribution in [0.3, 0.4) is 0 Å². The maximum absolute atomic E-state index is 11.7. The molecule has 4 aliphatic rings. The molecule has 13 atom stereocenters. The molecule has 4 aliphatic carbocycles. The Morgan fingerprint density at radius 1 is 1.12 bits per heavy atom. The van der Waals surface area contributed by atoms with Crippen LogP contribution in [0.15, 0.2) is 11.6 Å². The minimum atomic E-state index is -4.73. The Hall–Kier alpha value is -0.630. The van der Waals surface area contributed by atoms with E-state index in [9.17, 15) is 39.1 Å². The number of aliphatic hydroxyl groups is 6. The Balaban J connectivity index is 1.58. The molecular formula is C29H50O10S. The zero-order chi connectivity index (χ0) is 30.1. The van der Waals surface area contributed by atoms with Crippen molar-refractivity contribution >= 4 is 10.4 Å². The number of hydrogen-bond acceptors (Lipinski definition) is 9. The van der Waals surface area contributed by atoms with Gasteiger partial charge in [0.15, 0.2) is 0 Å². The number of aliphatic hydroxyl groups excluding tert-OH is 4. The molecule has 0 aliphatic heterocycles. The van der Waals surface area contributed by atoms with Crippen LogP contribution in [0.2, 0.25) is 0 Å². The van der Waals surface area contributed by atoms with E-state index in [2.05, 4.69) is 18.0 Å². The van der Waals surface area contributed by atoms with Crippen molar-refractivity contribution in [1.82, 2.24) is 0 Å². The summed E-state index contributed by atoms with van der Waals surface area (Å²) < 4.78 is 35.4. The zero-order valence-electron chi connectivity index (χ0n) is 24.4. The number of fused-ring (bicyclic) bond motifs is 5. The third-order valence-corrected chi connectivity index (χ3v) is 12.6. The third-order valence-electron chi connectivity index (χ3n) is 12.2. The van der Waals surface area contributed by atoms with E-state index in [-0.39, 0.29) is 48.0 Å². The zero-order valence-corrected chi connectivity index (χ0v) is 25.2. The fourth-order valence-corrected chi connectivity index (χ4v) is 10.1. The smallest absolute Gasteiger partial charge is 0.393 e. The summed E-state index contributed by atoms with van der Waals surface area (Å²) in [6, 6.07) is 0. The van der Waals surface area contributed by atoms with Gasteiger partial charge in [0.2, 0.25) is 0 Å². The molecule has 0 saturated heterocycles. The molecule has 4 fully saturated rings. The Morgan fingerprint density at radius 3 is 2.38 bits per heavy atom. The number of hydrogen-bond donors (Lipinski definition) is 7. The highest BCUT2D eigenvalue weighted by Gasteiger charge is 2.68. The first kappa shape index (κ1) is 32.3. The van der Waals surface area contributed by atoms with E-state index in [1.807, 2.05) is 13.0 Å². The highest BCUT2D eigenvalue weighted by atomic mass is 32.3. The molecule has 0 aromatic heterocycles. The average Bonchev–Trinajstić information content (AvgIpc) is 3.13. The summed E-state index contributed by atoms with van der Waals surface area (Å²) in [6.45, 7) is 8.30. The van der Waals surface area contributed by atoms with E-state index in [4.69, 9.17) is 4.55 Å². The Kier molecular flexibility index (Phi) is 8.73. The monoisotopic (exact) mass is 590 g/mol. The van der Waals surface area contributed by atoms with Crippen molar-refractivity contribution in [2.45, 2.75) is 109 Å². The summed E-state index contributed by atoms with van der Waals surface area (Å²) in [5.41, 5.74) is -3.31. The molecule has 4 rings (SSSR count). The van der Waals surface area contributed by atoms with Crippen molar-refractivity contribution < 1.29 is 47.8 Å². The normalized spacial score (nSPS) is 47.0. The van der Waals surface area contributed by atoms with Crippen LogP contribution in [-0.2, 0) is 14.6 Å². The van der Waals surface area contributed by atoms with E-state index in [0.29, 0.717) is 31.3 Å². The fourth-order valence-electron chi connectivity index (χ4n) is 9.70. The molecule has 0 amide bonds. The van der Waals surface area contributed by atoms with Crippen LogP contribution in [0.4, 0.5) is 0 Å². The lowest BCUT2D eigenvalue weighted by molar-refractivity contribution is -0.268. The molecule has 10 nitrogen and oxygen atoms in total. The van der Waals surface area contributed by atoms with Gasteiger partial charge in [-0.2, -0.15) is 8.42 Å². The predicted molar refractivity (Wildman–Crippen MR) is 147 cm³/mol. The number of allylic oxidation sites excluding steroid dienone is 1. The molecule has 4 saturated carbocycles. The molecule has 0 bridgehead atoms. The molecule has 0 radical (unpaired) electrons.